The normalized spacial score (nSPS) is 13.0. The first kappa shape index (κ1) is 9.16. The number of benzene rings is 2. The van der Waals surface area contributed by atoms with Crippen molar-refractivity contribution in [1.82, 2.24) is 0 Å². The molecule has 2 heteroatoms. The van der Waals surface area contributed by atoms with Gasteiger partial charge in [0.05, 0.1) is 0 Å². The zero-order chi connectivity index (χ0) is 11.0. The maximum absolute atomic E-state index is 10.4. The topological polar surface area (TPSA) is 26.3 Å². The van der Waals surface area contributed by atoms with E-state index >= 15 is 0 Å². The van der Waals surface area contributed by atoms with Gasteiger partial charge in [-0.2, -0.15) is 0 Å². The molecule has 1 aliphatic carbocycles. The van der Waals surface area contributed by atoms with Crippen molar-refractivity contribution < 1.29 is 9.53 Å². The van der Waals surface area contributed by atoms with Crippen LogP contribution >= 0.6 is 0 Å². The summed E-state index contributed by atoms with van der Waals surface area (Å²) in [5, 5.41) is 0. The smallest absolute Gasteiger partial charge is 0.418 e. The molecule has 2 aromatic carbocycles. The molecule has 0 amide bonds. The van der Waals surface area contributed by atoms with Crippen LogP contribution in [-0.2, 0) is 9.53 Å². The zero-order valence-electron chi connectivity index (χ0n) is 8.51. The van der Waals surface area contributed by atoms with Crippen molar-refractivity contribution in [2.24, 2.45) is 0 Å². The van der Waals surface area contributed by atoms with Gasteiger partial charge in [0.1, 0.15) is 0 Å². The SMILES string of the molecule is O=[C]OC1c2ccccc2-c2ccccc21. The Bertz CT molecular complexity index is 500. The lowest BCUT2D eigenvalue weighted by Crippen LogP contribution is -2.00. The minimum Gasteiger partial charge on any atom is -0.444 e. The zero-order valence-corrected chi connectivity index (χ0v) is 8.51. The van der Waals surface area contributed by atoms with Crippen molar-refractivity contribution in [3.8, 4) is 11.1 Å². The van der Waals surface area contributed by atoms with Gasteiger partial charge in [0, 0.05) is 11.1 Å². The third-order valence-corrected chi connectivity index (χ3v) is 2.94. The fraction of sp³-hybridized carbons (Fsp3) is 0.0714. The summed E-state index contributed by atoms with van der Waals surface area (Å²) in [5.74, 6) is 0. The van der Waals surface area contributed by atoms with Crippen LogP contribution in [0.3, 0.4) is 0 Å². The molecule has 0 bridgehead atoms. The Morgan fingerprint density at radius 1 is 0.875 bits per heavy atom. The van der Waals surface area contributed by atoms with E-state index in [4.69, 9.17) is 4.74 Å². The average molecular weight is 209 g/mol. The van der Waals surface area contributed by atoms with Gasteiger partial charge in [-0.3, -0.25) is 0 Å². The number of hydrogen-bond donors (Lipinski definition) is 0. The summed E-state index contributed by atoms with van der Waals surface area (Å²) in [6.07, 6.45) is -0.301. The van der Waals surface area contributed by atoms with Crippen LogP contribution in [0.5, 0.6) is 0 Å². The fourth-order valence-electron chi connectivity index (χ4n) is 2.28. The van der Waals surface area contributed by atoms with Crippen LogP contribution in [0.1, 0.15) is 17.2 Å². The Morgan fingerprint density at radius 2 is 1.38 bits per heavy atom. The summed E-state index contributed by atoms with van der Waals surface area (Å²) in [4.78, 5) is 10.4. The minimum atomic E-state index is -0.301. The van der Waals surface area contributed by atoms with Gasteiger partial charge in [-0.15, -0.1) is 0 Å². The van der Waals surface area contributed by atoms with Gasteiger partial charge in [-0.1, -0.05) is 48.5 Å². The van der Waals surface area contributed by atoms with Gasteiger partial charge >= 0.3 is 6.47 Å². The molecule has 2 aromatic rings. The van der Waals surface area contributed by atoms with E-state index in [1.54, 1.807) is 6.47 Å². The number of hydrogen-bond acceptors (Lipinski definition) is 2. The van der Waals surface area contributed by atoms with Gasteiger partial charge < -0.3 is 4.74 Å². The van der Waals surface area contributed by atoms with E-state index in [0.717, 1.165) is 22.3 Å². The molecule has 2 nitrogen and oxygen atoms in total. The predicted octanol–water partition coefficient (Wildman–Crippen LogP) is 2.84. The molecule has 16 heavy (non-hydrogen) atoms. The molecule has 1 aliphatic rings. The first-order chi connectivity index (χ1) is 7.92. The van der Waals surface area contributed by atoms with Crippen molar-refractivity contribution >= 4 is 6.47 Å². The molecule has 0 atom stereocenters. The van der Waals surface area contributed by atoms with Crippen LogP contribution in [0, 0.1) is 0 Å². The summed E-state index contributed by atoms with van der Waals surface area (Å²) < 4.78 is 5.05. The Balaban J connectivity index is 2.25. The largest absolute Gasteiger partial charge is 0.444 e. The highest BCUT2D eigenvalue weighted by Crippen LogP contribution is 2.44. The number of fused-ring (bicyclic) bond motifs is 3. The first-order valence-corrected chi connectivity index (χ1v) is 5.13. The van der Waals surface area contributed by atoms with E-state index in [0.29, 0.717) is 0 Å². The highest BCUT2D eigenvalue weighted by atomic mass is 16.5. The number of carbonyl (C=O) groups excluding carboxylic acids is 1. The van der Waals surface area contributed by atoms with Gasteiger partial charge in [-0.05, 0) is 11.1 Å². The summed E-state index contributed by atoms with van der Waals surface area (Å²) in [6, 6.07) is 15.9. The maximum atomic E-state index is 10.4. The average Bonchev–Trinajstić information content (AvgIpc) is 2.66. The van der Waals surface area contributed by atoms with Crippen LogP contribution in [0.4, 0.5) is 0 Å². The van der Waals surface area contributed by atoms with E-state index in [-0.39, 0.29) is 6.10 Å². The van der Waals surface area contributed by atoms with Crippen LogP contribution in [0.2, 0.25) is 0 Å². The number of rotatable bonds is 2. The lowest BCUT2D eigenvalue weighted by molar-refractivity contribution is 0.220. The summed E-state index contributed by atoms with van der Waals surface area (Å²) in [5.41, 5.74) is 4.34. The molecule has 0 aliphatic heterocycles. The van der Waals surface area contributed by atoms with Gasteiger partial charge in [0.2, 0.25) is 0 Å². The minimum absolute atomic E-state index is 0.301. The first-order valence-electron chi connectivity index (χ1n) is 5.13. The third kappa shape index (κ3) is 1.16. The van der Waals surface area contributed by atoms with Crippen molar-refractivity contribution in [1.29, 1.82) is 0 Å². The molecule has 0 saturated carbocycles. The summed E-state index contributed by atoms with van der Waals surface area (Å²) in [7, 11) is 0. The van der Waals surface area contributed by atoms with Crippen molar-refractivity contribution in [3.63, 3.8) is 0 Å². The highest BCUT2D eigenvalue weighted by molar-refractivity contribution is 5.78. The van der Waals surface area contributed by atoms with Crippen molar-refractivity contribution in [3.05, 3.63) is 59.7 Å². The van der Waals surface area contributed by atoms with E-state index in [2.05, 4.69) is 0 Å². The van der Waals surface area contributed by atoms with Crippen LogP contribution < -0.4 is 0 Å². The van der Waals surface area contributed by atoms with E-state index in [1.165, 1.54) is 0 Å². The molecule has 0 spiro atoms. The number of ether oxygens (including phenoxy) is 1. The third-order valence-electron chi connectivity index (χ3n) is 2.94. The molecule has 0 fully saturated rings. The molecule has 0 aromatic heterocycles. The maximum Gasteiger partial charge on any atom is 0.418 e. The van der Waals surface area contributed by atoms with E-state index < -0.39 is 0 Å². The Labute approximate surface area is 93.5 Å². The Hall–Kier alpha value is -2.09. The second-order valence-corrected chi connectivity index (χ2v) is 3.76. The molecule has 0 saturated heterocycles. The van der Waals surface area contributed by atoms with Gasteiger partial charge in [-0.25, -0.2) is 4.79 Å². The van der Waals surface area contributed by atoms with E-state index in [9.17, 15) is 4.79 Å². The van der Waals surface area contributed by atoms with Crippen molar-refractivity contribution in [2.45, 2.75) is 6.10 Å². The van der Waals surface area contributed by atoms with Crippen LogP contribution in [-0.4, -0.2) is 6.47 Å². The molecule has 0 heterocycles. The van der Waals surface area contributed by atoms with Crippen LogP contribution in [0.25, 0.3) is 11.1 Å². The Kier molecular flexibility index (Phi) is 2.00. The molecule has 77 valence electrons. The molecule has 0 unspecified atom stereocenters. The molecule has 3 rings (SSSR count). The highest BCUT2D eigenvalue weighted by Gasteiger charge is 2.29. The summed E-state index contributed by atoms with van der Waals surface area (Å²) in [6.45, 7) is 1.54. The molecular formula is C14H9O2. The molecule has 0 N–H and O–H groups in total. The van der Waals surface area contributed by atoms with Crippen LogP contribution in [0.15, 0.2) is 48.5 Å². The Morgan fingerprint density at radius 3 is 1.88 bits per heavy atom. The quantitative estimate of drug-likeness (QED) is 0.760. The predicted molar refractivity (Wildman–Crippen MR) is 60.5 cm³/mol. The molecule has 1 radical (unpaired) electrons. The lowest BCUT2D eigenvalue weighted by atomic mass is 10.1. The standard InChI is InChI=1S/C14H9O2/c15-9-16-14-12-7-3-1-5-10(12)11-6-2-4-8-13(11)14/h1-8,14H. The summed E-state index contributed by atoms with van der Waals surface area (Å²) >= 11 is 0. The van der Waals surface area contributed by atoms with Gasteiger partial charge in [0.25, 0.3) is 0 Å². The van der Waals surface area contributed by atoms with Gasteiger partial charge in [0.15, 0.2) is 6.10 Å². The lowest BCUT2D eigenvalue weighted by Gasteiger charge is -2.09. The van der Waals surface area contributed by atoms with E-state index in [1.807, 2.05) is 48.5 Å². The monoisotopic (exact) mass is 209 g/mol. The second-order valence-electron chi connectivity index (χ2n) is 3.76. The second kappa shape index (κ2) is 3.49. The fourth-order valence-corrected chi connectivity index (χ4v) is 2.28. The molecular weight excluding hydrogens is 200 g/mol. The van der Waals surface area contributed by atoms with Crippen molar-refractivity contribution in [2.75, 3.05) is 0 Å².